The van der Waals surface area contributed by atoms with Crippen LogP contribution in [0.5, 0.6) is 0 Å². The van der Waals surface area contributed by atoms with Crippen LogP contribution in [-0.2, 0) is 19.7 Å². The maximum Gasteiger partial charge on any atom is 0.243 e. The summed E-state index contributed by atoms with van der Waals surface area (Å²) in [4.78, 5) is 25.2. The maximum atomic E-state index is 13.0. The Labute approximate surface area is 171 Å². The van der Waals surface area contributed by atoms with E-state index in [4.69, 9.17) is 16.3 Å². The zero-order valence-electron chi connectivity index (χ0n) is 14.6. The van der Waals surface area contributed by atoms with Crippen LogP contribution in [0.2, 0.25) is 5.02 Å². The molecule has 1 saturated heterocycles. The molecule has 0 bridgehead atoms. The SMILES string of the molecule is O=C(CNC(=O)C1(c2cccc(Cl)c2)CCOCC1)Nc1ccc(Br)cc1. The summed E-state index contributed by atoms with van der Waals surface area (Å²) in [7, 11) is 0. The van der Waals surface area contributed by atoms with Crippen LogP contribution >= 0.6 is 27.5 Å². The van der Waals surface area contributed by atoms with Gasteiger partial charge in [0.2, 0.25) is 11.8 Å². The molecular weight excluding hydrogens is 432 g/mol. The topological polar surface area (TPSA) is 67.4 Å². The van der Waals surface area contributed by atoms with Crippen LogP contribution in [0.1, 0.15) is 18.4 Å². The molecule has 1 aliphatic heterocycles. The summed E-state index contributed by atoms with van der Waals surface area (Å²) in [6.07, 6.45) is 1.10. The third-order valence-electron chi connectivity index (χ3n) is 4.70. The van der Waals surface area contributed by atoms with Gasteiger partial charge < -0.3 is 15.4 Å². The van der Waals surface area contributed by atoms with Gasteiger partial charge in [-0.15, -0.1) is 0 Å². The van der Waals surface area contributed by atoms with Gasteiger partial charge in [-0.25, -0.2) is 0 Å². The predicted octanol–water partition coefficient (Wildman–Crippen LogP) is 3.91. The number of amides is 2. The first-order valence-electron chi connectivity index (χ1n) is 8.67. The van der Waals surface area contributed by atoms with E-state index in [-0.39, 0.29) is 18.4 Å². The first-order chi connectivity index (χ1) is 13.0. The van der Waals surface area contributed by atoms with Gasteiger partial charge in [0.25, 0.3) is 0 Å². The van der Waals surface area contributed by atoms with Crippen molar-refractivity contribution in [2.75, 3.05) is 25.1 Å². The molecule has 27 heavy (non-hydrogen) atoms. The summed E-state index contributed by atoms with van der Waals surface area (Å²) in [5.41, 5.74) is 0.790. The van der Waals surface area contributed by atoms with Crippen LogP contribution in [0.15, 0.2) is 53.0 Å². The third kappa shape index (κ3) is 4.89. The van der Waals surface area contributed by atoms with E-state index in [1.54, 1.807) is 18.2 Å². The lowest BCUT2D eigenvalue weighted by molar-refractivity contribution is -0.132. The summed E-state index contributed by atoms with van der Waals surface area (Å²) < 4.78 is 6.37. The Bertz CT molecular complexity index is 820. The lowest BCUT2D eigenvalue weighted by Crippen LogP contribution is -2.49. The van der Waals surface area contributed by atoms with E-state index in [0.29, 0.717) is 36.8 Å². The number of carbonyl (C=O) groups is 2. The van der Waals surface area contributed by atoms with Gasteiger partial charge in [0.15, 0.2) is 0 Å². The van der Waals surface area contributed by atoms with Crippen LogP contribution in [-0.4, -0.2) is 31.6 Å². The highest BCUT2D eigenvalue weighted by molar-refractivity contribution is 9.10. The molecule has 0 atom stereocenters. The van der Waals surface area contributed by atoms with Crippen LogP contribution in [0.4, 0.5) is 5.69 Å². The summed E-state index contributed by atoms with van der Waals surface area (Å²) in [5.74, 6) is -0.460. The Kier molecular flexibility index (Phi) is 6.52. The fourth-order valence-electron chi connectivity index (χ4n) is 3.22. The van der Waals surface area contributed by atoms with E-state index >= 15 is 0 Å². The molecule has 2 aromatic rings. The number of hydrogen-bond donors (Lipinski definition) is 2. The van der Waals surface area contributed by atoms with Crippen molar-refractivity contribution in [2.45, 2.75) is 18.3 Å². The van der Waals surface area contributed by atoms with Crippen molar-refractivity contribution < 1.29 is 14.3 Å². The number of ether oxygens (including phenoxy) is 1. The first kappa shape index (κ1) is 19.9. The van der Waals surface area contributed by atoms with Crippen LogP contribution in [0, 0.1) is 0 Å². The zero-order valence-corrected chi connectivity index (χ0v) is 17.0. The second kappa shape index (κ2) is 8.87. The lowest BCUT2D eigenvalue weighted by Gasteiger charge is -2.36. The average Bonchev–Trinajstić information content (AvgIpc) is 2.68. The fraction of sp³-hybridized carbons (Fsp3) is 0.300. The highest BCUT2D eigenvalue weighted by Crippen LogP contribution is 2.36. The highest BCUT2D eigenvalue weighted by Gasteiger charge is 2.41. The van der Waals surface area contributed by atoms with Crippen molar-refractivity contribution in [3.8, 4) is 0 Å². The Morgan fingerprint density at radius 2 is 1.81 bits per heavy atom. The van der Waals surface area contributed by atoms with Crippen molar-refractivity contribution in [2.24, 2.45) is 0 Å². The maximum absolute atomic E-state index is 13.0. The molecule has 3 rings (SSSR count). The summed E-state index contributed by atoms with van der Waals surface area (Å²) in [6, 6.07) is 14.6. The van der Waals surface area contributed by atoms with Crippen LogP contribution < -0.4 is 10.6 Å². The van der Waals surface area contributed by atoms with Gasteiger partial charge in [0, 0.05) is 28.4 Å². The van der Waals surface area contributed by atoms with E-state index in [1.165, 1.54) is 0 Å². The van der Waals surface area contributed by atoms with Gasteiger partial charge in [-0.1, -0.05) is 39.7 Å². The summed E-state index contributed by atoms with van der Waals surface area (Å²) >= 11 is 9.48. The standard InChI is InChI=1S/C20H20BrClN2O3/c21-15-4-6-17(7-5-15)24-18(25)13-23-19(26)20(8-10-27-11-9-20)14-2-1-3-16(22)12-14/h1-7,12H,8-11,13H2,(H,23,26)(H,24,25). The Morgan fingerprint density at radius 1 is 1.11 bits per heavy atom. The van der Waals surface area contributed by atoms with Crippen LogP contribution in [0.3, 0.4) is 0 Å². The van der Waals surface area contributed by atoms with Crippen molar-refractivity contribution >= 4 is 45.0 Å². The Morgan fingerprint density at radius 3 is 2.48 bits per heavy atom. The normalized spacial score (nSPS) is 15.8. The molecular formula is C20H20BrClN2O3. The largest absolute Gasteiger partial charge is 0.381 e. The van der Waals surface area contributed by atoms with Gasteiger partial charge >= 0.3 is 0 Å². The first-order valence-corrected chi connectivity index (χ1v) is 9.84. The second-order valence-electron chi connectivity index (χ2n) is 6.44. The Hall–Kier alpha value is -1.89. The number of carbonyl (C=O) groups excluding carboxylic acids is 2. The molecule has 2 amide bonds. The monoisotopic (exact) mass is 450 g/mol. The van der Waals surface area contributed by atoms with E-state index in [2.05, 4.69) is 26.6 Å². The van der Waals surface area contributed by atoms with Crippen molar-refractivity contribution in [3.05, 3.63) is 63.6 Å². The van der Waals surface area contributed by atoms with Gasteiger partial charge in [-0.3, -0.25) is 9.59 Å². The van der Waals surface area contributed by atoms with Crippen molar-refractivity contribution in [3.63, 3.8) is 0 Å². The minimum atomic E-state index is -0.735. The smallest absolute Gasteiger partial charge is 0.243 e. The van der Waals surface area contributed by atoms with E-state index in [9.17, 15) is 9.59 Å². The predicted molar refractivity (Wildman–Crippen MR) is 109 cm³/mol. The molecule has 1 aliphatic rings. The second-order valence-corrected chi connectivity index (χ2v) is 7.79. The molecule has 5 nitrogen and oxygen atoms in total. The quantitative estimate of drug-likeness (QED) is 0.724. The minimum absolute atomic E-state index is 0.0991. The van der Waals surface area contributed by atoms with Gasteiger partial charge in [-0.05, 0) is 54.8 Å². The molecule has 0 radical (unpaired) electrons. The van der Waals surface area contributed by atoms with Crippen molar-refractivity contribution in [1.29, 1.82) is 0 Å². The molecule has 142 valence electrons. The molecule has 1 heterocycles. The van der Waals surface area contributed by atoms with Gasteiger partial charge in [0.1, 0.15) is 0 Å². The Balaban J connectivity index is 1.68. The van der Waals surface area contributed by atoms with E-state index in [0.717, 1.165) is 10.0 Å². The van der Waals surface area contributed by atoms with E-state index in [1.807, 2.05) is 30.3 Å². The number of anilines is 1. The number of hydrogen-bond acceptors (Lipinski definition) is 3. The minimum Gasteiger partial charge on any atom is -0.381 e. The highest BCUT2D eigenvalue weighted by atomic mass is 79.9. The molecule has 0 aromatic heterocycles. The molecule has 7 heteroatoms. The molecule has 2 N–H and O–H groups in total. The van der Waals surface area contributed by atoms with Gasteiger partial charge in [0.05, 0.1) is 12.0 Å². The molecule has 2 aromatic carbocycles. The summed E-state index contributed by atoms with van der Waals surface area (Å²) in [6.45, 7) is 0.883. The molecule has 1 fully saturated rings. The number of halogens is 2. The van der Waals surface area contributed by atoms with Crippen molar-refractivity contribution in [1.82, 2.24) is 5.32 Å². The fourth-order valence-corrected chi connectivity index (χ4v) is 3.68. The number of nitrogens with one attached hydrogen (secondary N) is 2. The molecule has 0 unspecified atom stereocenters. The lowest BCUT2D eigenvalue weighted by atomic mass is 9.73. The van der Waals surface area contributed by atoms with E-state index < -0.39 is 5.41 Å². The van der Waals surface area contributed by atoms with Gasteiger partial charge in [-0.2, -0.15) is 0 Å². The molecule has 0 saturated carbocycles. The number of rotatable bonds is 5. The number of benzene rings is 2. The zero-order chi connectivity index (χ0) is 19.3. The third-order valence-corrected chi connectivity index (χ3v) is 5.46. The molecule has 0 aliphatic carbocycles. The summed E-state index contributed by atoms with van der Waals surface area (Å²) in [5, 5.41) is 6.13. The average molecular weight is 452 g/mol. The molecule has 0 spiro atoms. The van der Waals surface area contributed by atoms with Crippen LogP contribution in [0.25, 0.3) is 0 Å².